The van der Waals surface area contributed by atoms with Gasteiger partial charge in [-0.3, -0.25) is 13.8 Å². The number of aliphatic imine (C=N–C) groups is 1. The van der Waals surface area contributed by atoms with Crippen molar-refractivity contribution in [3.05, 3.63) is 59.2 Å². The van der Waals surface area contributed by atoms with Crippen molar-refractivity contribution in [2.45, 2.75) is 39.8 Å². The molecule has 40 heavy (non-hydrogen) atoms. The number of nitrogens with two attached hydrogens (primary N) is 3. The highest BCUT2D eigenvalue weighted by Crippen LogP contribution is 2.30. The summed E-state index contributed by atoms with van der Waals surface area (Å²) in [5, 5.41) is 3.06. The highest BCUT2D eigenvalue weighted by atomic mass is 127. The molecule has 1 aliphatic rings. The molecule has 3 aromatic heterocycles. The number of nitrogens with one attached hydrogen (secondary N) is 1. The van der Waals surface area contributed by atoms with E-state index >= 15 is 0 Å². The van der Waals surface area contributed by atoms with Crippen LogP contribution in [-0.4, -0.2) is 55.0 Å². The number of imidazole rings is 1. The topological polar surface area (TPSA) is 162 Å². The van der Waals surface area contributed by atoms with Crippen LogP contribution in [0.15, 0.2) is 35.5 Å². The summed E-state index contributed by atoms with van der Waals surface area (Å²) < 4.78 is 36.2. The lowest BCUT2D eigenvalue weighted by Crippen LogP contribution is -2.34. The first-order valence-electron chi connectivity index (χ1n) is 12.7. The molecule has 212 valence electrons. The Bertz CT molecular complexity index is 1530. The lowest BCUT2D eigenvalue weighted by Gasteiger charge is -2.27. The van der Waals surface area contributed by atoms with Gasteiger partial charge in [0.1, 0.15) is 22.9 Å². The Morgan fingerprint density at radius 3 is 2.62 bits per heavy atom. The van der Waals surface area contributed by atoms with E-state index < -0.39 is 11.6 Å². The Hall–Kier alpha value is -3.50. The molecule has 0 atom stereocenters. The second-order valence-electron chi connectivity index (χ2n) is 9.60. The number of nitrogens with zero attached hydrogens (tertiary/aromatic N) is 7. The molecule has 0 unspecified atom stereocenters. The van der Waals surface area contributed by atoms with Gasteiger partial charge < -0.3 is 21.4 Å². The van der Waals surface area contributed by atoms with Crippen molar-refractivity contribution < 1.29 is 8.78 Å². The number of fused-ring (bicyclic) bond motifs is 2. The maximum Gasteiger partial charge on any atom is 0.229 e. The van der Waals surface area contributed by atoms with Gasteiger partial charge in [0, 0.05) is 66.2 Å². The lowest BCUT2D eigenvalue weighted by molar-refractivity contribution is 0.259. The number of benzene rings is 1. The smallest absolute Gasteiger partial charge is 0.229 e. The Morgan fingerprint density at radius 1 is 1.12 bits per heavy atom. The molecule has 1 aromatic carbocycles. The maximum atomic E-state index is 15.0. The number of pyridine rings is 1. The van der Waals surface area contributed by atoms with Crippen molar-refractivity contribution in [3.8, 4) is 11.3 Å². The van der Waals surface area contributed by atoms with E-state index in [0.717, 1.165) is 43.5 Å². The van der Waals surface area contributed by atoms with E-state index in [1.807, 2.05) is 37.5 Å². The molecule has 0 aliphatic carbocycles. The van der Waals surface area contributed by atoms with Crippen LogP contribution < -0.4 is 20.7 Å². The molecule has 0 saturated carbocycles. The molecule has 11 nitrogen and oxygen atoms in total. The van der Waals surface area contributed by atoms with Crippen LogP contribution in [0, 0.1) is 18.6 Å². The van der Waals surface area contributed by atoms with E-state index in [-0.39, 0.29) is 29.2 Å². The van der Waals surface area contributed by atoms with Gasteiger partial charge in [-0.25, -0.2) is 28.7 Å². The van der Waals surface area contributed by atoms with Gasteiger partial charge in [-0.05, 0) is 44.5 Å². The zero-order valence-corrected chi connectivity index (χ0v) is 24.7. The van der Waals surface area contributed by atoms with Crippen LogP contribution in [0.2, 0.25) is 0 Å². The van der Waals surface area contributed by atoms with Crippen molar-refractivity contribution in [2.75, 3.05) is 25.0 Å². The van der Waals surface area contributed by atoms with Crippen molar-refractivity contribution >= 4 is 51.6 Å². The summed E-state index contributed by atoms with van der Waals surface area (Å²) in [5.41, 5.74) is 14.0. The fourth-order valence-corrected chi connectivity index (χ4v) is 4.86. The van der Waals surface area contributed by atoms with E-state index in [1.165, 1.54) is 6.07 Å². The highest BCUT2D eigenvalue weighted by molar-refractivity contribution is 14.1. The Balaban J connectivity index is 0.00000181. The minimum Gasteiger partial charge on any atom is -0.370 e. The quantitative estimate of drug-likeness (QED) is 0.1000. The standard InChI is InChI=1S/C26H30F2N10.H2IN/c1-14(2)38-15(3)33-24-18(27)10-17(11-21(24)38)23-19(28)12-32-26(36-23)35-22-5-4-16-13-37(8-6-20(16)34-22)9-7-31-25(29)30;1-2/h4-5,10-12,14H,6-9,13H2,1-3H3,(H4,29,30,31)(H,32,34,35,36);2H2. The first-order chi connectivity index (χ1) is 19.2. The third kappa shape index (κ3) is 6.45. The van der Waals surface area contributed by atoms with Gasteiger partial charge >= 0.3 is 0 Å². The zero-order chi connectivity index (χ0) is 29.0. The van der Waals surface area contributed by atoms with E-state index in [0.29, 0.717) is 29.3 Å². The summed E-state index contributed by atoms with van der Waals surface area (Å²) in [4.78, 5) is 23.8. The molecular formula is C26H32F2IN11. The van der Waals surface area contributed by atoms with Gasteiger partial charge in [0.15, 0.2) is 17.6 Å². The number of anilines is 2. The van der Waals surface area contributed by atoms with Gasteiger partial charge in [0.05, 0.1) is 18.3 Å². The maximum absolute atomic E-state index is 15.0. The second-order valence-corrected chi connectivity index (χ2v) is 9.60. The number of hydrogen-bond donors (Lipinski definition) is 4. The first kappa shape index (κ1) is 29.5. The molecule has 0 bridgehead atoms. The minimum atomic E-state index is -0.652. The lowest BCUT2D eigenvalue weighted by atomic mass is 10.1. The monoisotopic (exact) mass is 663 g/mol. The molecule has 0 fully saturated rings. The highest BCUT2D eigenvalue weighted by Gasteiger charge is 2.20. The van der Waals surface area contributed by atoms with Crippen molar-refractivity contribution in [3.63, 3.8) is 0 Å². The SMILES string of the molecule is Cc1nc2c(F)cc(-c3nc(Nc4ccc5c(n4)CCN(CCN=C(N)N)C5)ncc3F)cc2n1C(C)C.NI. The summed E-state index contributed by atoms with van der Waals surface area (Å²) in [6.45, 7) is 8.69. The summed E-state index contributed by atoms with van der Waals surface area (Å²) in [5.74, 6) is 0.306. The average Bonchev–Trinajstić information content (AvgIpc) is 3.27. The molecule has 0 amide bonds. The van der Waals surface area contributed by atoms with Gasteiger partial charge in [-0.2, -0.15) is 0 Å². The van der Waals surface area contributed by atoms with Gasteiger partial charge in [0.2, 0.25) is 5.95 Å². The third-order valence-corrected chi connectivity index (χ3v) is 6.54. The molecular weight excluding hydrogens is 631 g/mol. The Labute approximate surface area is 244 Å². The molecule has 4 aromatic rings. The van der Waals surface area contributed by atoms with E-state index in [2.05, 4.69) is 34.1 Å². The van der Waals surface area contributed by atoms with Crippen LogP contribution in [0.1, 0.15) is 37.0 Å². The third-order valence-electron chi connectivity index (χ3n) is 6.54. The molecule has 0 saturated heterocycles. The molecule has 14 heteroatoms. The van der Waals surface area contributed by atoms with Crippen molar-refractivity contribution in [1.82, 2.24) is 29.4 Å². The molecule has 0 spiro atoms. The Morgan fingerprint density at radius 2 is 1.90 bits per heavy atom. The number of rotatable bonds is 7. The first-order valence-corrected chi connectivity index (χ1v) is 13.9. The number of guanidine groups is 1. The van der Waals surface area contributed by atoms with Crippen molar-refractivity contribution in [2.24, 2.45) is 20.4 Å². The molecule has 7 N–H and O–H groups in total. The predicted molar refractivity (Wildman–Crippen MR) is 161 cm³/mol. The summed E-state index contributed by atoms with van der Waals surface area (Å²) >= 11 is 1.65. The zero-order valence-electron chi connectivity index (χ0n) is 22.5. The van der Waals surface area contributed by atoms with Gasteiger partial charge in [-0.15, -0.1) is 0 Å². The second kappa shape index (κ2) is 12.8. The van der Waals surface area contributed by atoms with Crippen LogP contribution in [0.4, 0.5) is 20.5 Å². The Kier molecular flexibility index (Phi) is 9.42. The normalized spacial score (nSPS) is 13.1. The number of hydrogen-bond acceptors (Lipinski definition) is 8. The fraction of sp³-hybridized carbons (Fsp3) is 0.346. The van der Waals surface area contributed by atoms with Crippen LogP contribution in [-0.2, 0) is 13.0 Å². The van der Waals surface area contributed by atoms with Crippen LogP contribution in [0.3, 0.4) is 0 Å². The van der Waals surface area contributed by atoms with Gasteiger partial charge in [-0.1, -0.05) is 6.07 Å². The van der Waals surface area contributed by atoms with E-state index in [4.69, 9.17) is 16.5 Å². The van der Waals surface area contributed by atoms with Crippen LogP contribution in [0.25, 0.3) is 22.3 Å². The molecule has 1 aliphatic heterocycles. The van der Waals surface area contributed by atoms with E-state index in [1.54, 1.807) is 28.9 Å². The van der Waals surface area contributed by atoms with Crippen molar-refractivity contribution in [1.29, 1.82) is 0 Å². The number of halogens is 3. The number of aromatic nitrogens is 5. The average molecular weight is 664 g/mol. The van der Waals surface area contributed by atoms with E-state index in [9.17, 15) is 8.78 Å². The molecule has 0 radical (unpaired) electrons. The van der Waals surface area contributed by atoms with Gasteiger partial charge in [0.25, 0.3) is 0 Å². The fourth-order valence-electron chi connectivity index (χ4n) is 4.86. The predicted octanol–water partition coefficient (Wildman–Crippen LogP) is 3.73. The summed E-state index contributed by atoms with van der Waals surface area (Å²) in [6.07, 6.45) is 1.84. The van der Waals surface area contributed by atoms with Crippen LogP contribution in [0.5, 0.6) is 0 Å². The summed E-state index contributed by atoms with van der Waals surface area (Å²) in [6, 6.07) is 6.86. The summed E-state index contributed by atoms with van der Waals surface area (Å²) in [7, 11) is 0. The minimum absolute atomic E-state index is 0.00756. The number of aryl methyl sites for hydroxylation is 1. The molecule has 5 rings (SSSR count). The van der Waals surface area contributed by atoms with Crippen LogP contribution >= 0.6 is 22.9 Å². The molecule has 4 heterocycles. The largest absolute Gasteiger partial charge is 0.370 e.